The highest BCUT2D eigenvalue weighted by atomic mass is 127. The number of halogens is 3. The first kappa shape index (κ1) is 21.6. The highest BCUT2D eigenvalue weighted by Gasteiger charge is 2.42. The van der Waals surface area contributed by atoms with Gasteiger partial charge in [-0.25, -0.2) is 13.8 Å². The number of hydrogen-bond acceptors (Lipinski definition) is 3. The van der Waals surface area contributed by atoms with Crippen LogP contribution in [0.15, 0.2) is 33.8 Å². The zero-order valence-corrected chi connectivity index (χ0v) is 18.0. The Hall–Kier alpha value is -1.71. The van der Waals surface area contributed by atoms with E-state index in [1.165, 1.54) is 18.2 Å². The van der Waals surface area contributed by atoms with Crippen LogP contribution in [0.3, 0.4) is 0 Å². The van der Waals surface area contributed by atoms with Crippen molar-refractivity contribution in [2.24, 2.45) is 4.99 Å². The molecule has 0 spiro atoms. The Bertz CT molecular complexity index is 774. The van der Waals surface area contributed by atoms with Gasteiger partial charge in [-0.05, 0) is 31.4 Å². The number of guanidine groups is 1. The number of benzene rings is 1. The molecule has 1 aromatic carbocycles. The van der Waals surface area contributed by atoms with Crippen molar-refractivity contribution in [2.75, 3.05) is 6.54 Å². The maximum Gasteiger partial charge on any atom is 0.191 e. The minimum absolute atomic E-state index is 0. The minimum Gasteiger partial charge on any atom is -0.359 e. The van der Waals surface area contributed by atoms with Crippen LogP contribution in [0, 0.1) is 11.6 Å². The van der Waals surface area contributed by atoms with E-state index >= 15 is 0 Å². The normalized spacial score (nSPS) is 19.0. The molecule has 1 aliphatic rings. The molecule has 2 unspecified atom stereocenters. The number of hydrogen-bond donors (Lipinski definition) is 2. The van der Waals surface area contributed by atoms with Crippen molar-refractivity contribution in [1.82, 2.24) is 15.8 Å². The first-order chi connectivity index (χ1) is 12.5. The molecule has 2 atom stereocenters. The summed E-state index contributed by atoms with van der Waals surface area (Å²) in [6, 6.07) is 5.83. The lowest BCUT2D eigenvalue weighted by molar-refractivity contribution is 0.376. The molecule has 8 heteroatoms. The van der Waals surface area contributed by atoms with Crippen molar-refractivity contribution < 1.29 is 13.3 Å². The summed E-state index contributed by atoms with van der Waals surface area (Å²) < 4.78 is 33.1. The second-order valence-corrected chi connectivity index (χ2v) is 6.80. The topological polar surface area (TPSA) is 62.5 Å². The largest absolute Gasteiger partial charge is 0.359 e. The Morgan fingerprint density at radius 1 is 1.33 bits per heavy atom. The third kappa shape index (κ3) is 5.40. The monoisotopic (exact) mass is 490 g/mol. The third-order valence-corrected chi connectivity index (χ3v) is 4.39. The van der Waals surface area contributed by atoms with Gasteiger partial charge in [0.05, 0.1) is 5.69 Å². The number of aliphatic imine (C=N–C) groups is 1. The van der Waals surface area contributed by atoms with Gasteiger partial charge in [0.15, 0.2) is 11.7 Å². The summed E-state index contributed by atoms with van der Waals surface area (Å²) in [4.78, 5) is 4.48. The molecule has 1 aliphatic carbocycles. The fourth-order valence-corrected chi connectivity index (χ4v) is 2.87. The van der Waals surface area contributed by atoms with E-state index in [2.05, 4.69) is 20.8 Å². The van der Waals surface area contributed by atoms with Gasteiger partial charge in [-0.15, -0.1) is 24.0 Å². The molecule has 0 bridgehead atoms. The number of aromatic nitrogens is 1. The maximum atomic E-state index is 13.9. The van der Waals surface area contributed by atoms with E-state index in [1.54, 1.807) is 0 Å². The van der Waals surface area contributed by atoms with Crippen molar-refractivity contribution in [2.45, 2.75) is 51.6 Å². The van der Waals surface area contributed by atoms with Gasteiger partial charge in [-0.3, -0.25) is 0 Å². The summed E-state index contributed by atoms with van der Waals surface area (Å²) in [6.07, 6.45) is 0.669. The molecule has 0 saturated heterocycles. The Morgan fingerprint density at radius 2 is 2.04 bits per heavy atom. The predicted molar refractivity (Wildman–Crippen MR) is 111 cm³/mol. The summed E-state index contributed by atoms with van der Waals surface area (Å²) in [5, 5.41) is 10.4. The molecule has 0 amide bonds. The van der Waals surface area contributed by atoms with Crippen LogP contribution in [0.1, 0.15) is 56.0 Å². The molecule has 0 aliphatic heterocycles. The van der Waals surface area contributed by atoms with E-state index in [1.807, 2.05) is 26.8 Å². The van der Waals surface area contributed by atoms with E-state index in [0.717, 1.165) is 5.69 Å². The van der Waals surface area contributed by atoms with Crippen LogP contribution >= 0.6 is 24.0 Å². The van der Waals surface area contributed by atoms with Crippen molar-refractivity contribution >= 4 is 29.9 Å². The Morgan fingerprint density at radius 3 is 2.63 bits per heavy atom. The Balaban J connectivity index is 0.00000261. The quantitative estimate of drug-likeness (QED) is 0.360. The Kier molecular flexibility index (Phi) is 7.58. The molecular weight excluding hydrogens is 465 g/mol. The molecule has 5 nitrogen and oxygen atoms in total. The Labute approximate surface area is 175 Å². The van der Waals surface area contributed by atoms with Gasteiger partial charge in [0.1, 0.15) is 18.2 Å². The molecule has 148 valence electrons. The zero-order valence-electron chi connectivity index (χ0n) is 15.6. The SMILES string of the molecule is CCNC(=NCc1cc(C(C)C)no1)NC1CC1c1c(F)cccc1F.I. The maximum absolute atomic E-state index is 13.9. The third-order valence-electron chi connectivity index (χ3n) is 4.39. The second kappa shape index (κ2) is 9.48. The molecular formula is C19H25F2IN4O. The van der Waals surface area contributed by atoms with Crippen molar-refractivity contribution in [3.63, 3.8) is 0 Å². The fraction of sp³-hybridized carbons (Fsp3) is 0.474. The number of nitrogens with one attached hydrogen (secondary N) is 2. The highest BCUT2D eigenvalue weighted by molar-refractivity contribution is 14.0. The first-order valence-electron chi connectivity index (χ1n) is 8.93. The summed E-state index contributed by atoms with van der Waals surface area (Å²) in [7, 11) is 0. The van der Waals surface area contributed by atoms with E-state index in [-0.39, 0.29) is 41.5 Å². The fourth-order valence-electron chi connectivity index (χ4n) is 2.87. The van der Waals surface area contributed by atoms with Crippen LogP contribution in [-0.4, -0.2) is 23.7 Å². The van der Waals surface area contributed by atoms with Gasteiger partial charge < -0.3 is 15.2 Å². The molecule has 27 heavy (non-hydrogen) atoms. The van der Waals surface area contributed by atoms with E-state index in [0.29, 0.717) is 37.1 Å². The number of nitrogens with zero attached hydrogens (tertiary/aromatic N) is 2. The summed E-state index contributed by atoms with van der Waals surface area (Å²) in [5.41, 5.74) is 1.04. The molecule has 3 rings (SSSR count). The second-order valence-electron chi connectivity index (χ2n) is 6.80. The van der Waals surface area contributed by atoms with Gasteiger partial charge in [0, 0.05) is 30.1 Å². The molecule has 1 heterocycles. The first-order valence-corrected chi connectivity index (χ1v) is 8.93. The van der Waals surface area contributed by atoms with Gasteiger partial charge in [-0.1, -0.05) is 25.1 Å². The van der Waals surface area contributed by atoms with Crippen LogP contribution in [0.5, 0.6) is 0 Å². The zero-order chi connectivity index (χ0) is 18.7. The van der Waals surface area contributed by atoms with Gasteiger partial charge in [0.25, 0.3) is 0 Å². The van der Waals surface area contributed by atoms with Crippen molar-refractivity contribution in [3.8, 4) is 0 Å². The lowest BCUT2D eigenvalue weighted by Gasteiger charge is -2.11. The van der Waals surface area contributed by atoms with E-state index in [9.17, 15) is 8.78 Å². The highest BCUT2D eigenvalue weighted by Crippen LogP contribution is 2.43. The smallest absolute Gasteiger partial charge is 0.191 e. The summed E-state index contributed by atoms with van der Waals surface area (Å²) >= 11 is 0. The molecule has 1 fully saturated rings. The predicted octanol–water partition coefficient (Wildman–Crippen LogP) is 4.31. The summed E-state index contributed by atoms with van der Waals surface area (Å²) in [6.45, 7) is 7.09. The molecule has 2 aromatic rings. The van der Waals surface area contributed by atoms with Gasteiger partial charge in [-0.2, -0.15) is 0 Å². The number of rotatable bonds is 6. The molecule has 1 aromatic heterocycles. The van der Waals surface area contributed by atoms with Crippen LogP contribution in [-0.2, 0) is 6.54 Å². The molecule has 0 radical (unpaired) electrons. The average Bonchev–Trinajstić information content (AvgIpc) is 3.16. The van der Waals surface area contributed by atoms with Gasteiger partial charge >= 0.3 is 0 Å². The van der Waals surface area contributed by atoms with Crippen LogP contribution in [0.4, 0.5) is 8.78 Å². The van der Waals surface area contributed by atoms with Crippen molar-refractivity contribution in [3.05, 3.63) is 52.9 Å². The standard InChI is InChI=1S/C19H24F2N4O.HI/c1-4-22-19(23-10-12-8-16(11(2)3)25-26-12)24-17-9-13(17)18-14(20)6-5-7-15(18)21;/h5-8,11,13,17H,4,9-10H2,1-3H3,(H2,22,23,24);1H. The average molecular weight is 490 g/mol. The minimum atomic E-state index is -0.496. The van der Waals surface area contributed by atoms with Crippen LogP contribution in [0.25, 0.3) is 0 Å². The lowest BCUT2D eigenvalue weighted by Crippen LogP contribution is -2.39. The van der Waals surface area contributed by atoms with Crippen LogP contribution < -0.4 is 10.6 Å². The van der Waals surface area contributed by atoms with E-state index < -0.39 is 11.6 Å². The molecule has 2 N–H and O–H groups in total. The van der Waals surface area contributed by atoms with E-state index in [4.69, 9.17) is 4.52 Å². The van der Waals surface area contributed by atoms with Crippen LogP contribution in [0.2, 0.25) is 0 Å². The van der Waals surface area contributed by atoms with Crippen molar-refractivity contribution in [1.29, 1.82) is 0 Å². The lowest BCUT2D eigenvalue weighted by atomic mass is 10.1. The summed E-state index contributed by atoms with van der Waals surface area (Å²) in [5.74, 6) is 0.398. The van der Waals surface area contributed by atoms with Gasteiger partial charge in [0.2, 0.25) is 0 Å². The molecule has 1 saturated carbocycles.